The Hall–Kier alpha value is -1.14. The average Bonchev–Trinajstić information content (AvgIpc) is 2.44. The van der Waals surface area contributed by atoms with E-state index >= 15 is 0 Å². The number of nitrogens with one attached hydrogen (secondary N) is 1. The lowest BCUT2D eigenvalue weighted by atomic mass is 10.4. The van der Waals surface area contributed by atoms with Crippen LogP contribution < -0.4 is 11.2 Å². The standard InChI is InChI=1S/C13H20ClN2O5P/c1-3-20-22(19,21-4-2)9-7-5-6-8-16-10-11(14)12(17)15-13(16)18/h5-6,10H,3-4,7-9H2,1-2H3,(H,15,17,18)/b6-5+. The molecule has 1 rings (SSSR count). The third-order valence-corrected chi connectivity index (χ3v) is 5.04. The summed E-state index contributed by atoms with van der Waals surface area (Å²) in [7, 11) is -3.04. The van der Waals surface area contributed by atoms with Crippen LogP contribution in [0.4, 0.5) is 0 Å². The summed E-state index contributed by atoms with van der Waals surface area (Å²) >= 11 is 5.66. The molecular formula is C13H20ClN2O5P. The largest absolute Gasteiger partial charge is 0.330 e. The fourth-order valence-corrected chi connectivity index (χ4v) is 3.47. The molecule has 0 amide bonds. The van der Waals surface area contributed by atoms with E-state index in [2.05, 4.69) is 4.98 Å². The quantitative estimate of drug-likeness (QED) is 0.545. The van der Waals surface area contributed by atoms with E-state index in [9.17, 15) is 14.2 Å². The van der Waals surface area contributed by atoms with Crippen LogP contribution in [-0.4, -0.2) is 28.9 Å². The summed E-state index contributed by atoms with van der Waals surface area (Å²) in [5.41, 5.74) is -1.14. The highest BCUT2D eigenvalue weighted by Gasteiger charge is 2.21. The van der Waals surface area contributed by atoms with Crippen LogP contribution in [0, 0.1) is 0 Å². The Morgan fingerprint density at radius 2 is 1.91 bits per heavy atom. The molecule has 0 fully saturated rings. The minimum atomic E-state index is -3.04. The molecule has 0 aromatic carbocycles. The molecule has 1 heterocycles. The molecule has 0 spiro atoms. The van der Waals surface area contributed by atoms with Crippen molar-refractivity contribution in [2.24, 2.45) is 0 Å². The van der Waals surface area contributed by atoms with E-state index in [4.69, 9.17) is 20.6 Å². The molecule has 22 heavy (non-hydrogen) atoms. The van der Waals surface area contributed by atoms with Gasteiger partial charge in [-0.25, -0.2) is 4.79 Å². The Morgan fingerprint density at radius 1 is 1.27 bits per heavy atom. The lowest BCUT2D eigenvalue weighted by Gasteiger charge is -2.15. The first-order chi connectivity index (χ1) is 10.4. The molecule has 0 aliphatic rings. The number of hydrogen-bond acceptors (Lipinski definition) is 5. The molecule has 1 aromatic rings. The van der Waals surface area contributed by atoms with Crippen LogP contribution in [0.25, 0.3) is 0 Å². The second-order valence-corrected chi connectivity index (χ2v) is 6.91. The van der Waals surface area contributed by atoms with Crippen molar-refractivity contribution in [3.8, 4) is 0 Å². The van der Waals surface area contributed by atoms with Crippen LogP contribution >= 0.6 is 19.2 Å². The Morgan fingerprint density at radius 3 is 2.50 bits per heavy atom. The number of rotatable bonds is 9. The fourth-order valence-electron chi connectivity index (χ4n) is 1.72. The summed E-state index contributed by atoms with van der Waals surface area (Å²) in [6.07, 6.45) is 5.53. The normalized spacial score (nSPS) is 12.1. The molecule has 0 saturated heterocycles. The summed E-state index contributed by atoms with van der Waals surface area (Å²) in [4.78, 5) is 24.7. The smallest absolute Gasteiger partial charge is 0.309 e. The van der Waals surface area contributed by atoms with Gasteiger partial charge in [0.1, 0.15) is 5.02 Å². The van der Waals surface area contributed by atoms with E-state index < -0.39 is 18.8 Å². The average molecular weight is 351 g/mol. The fraction of sp³-hybridized carbons (Fsp3) is 0.538. The van der Waals surface area contributed by atoms with E-state index in [0.717, 1.165) is 0 Å². The Kier molecular flexibility index (Phi) is 7.82. The molecule has 7 nitrogen and oxygen atoms in total. The maximum Gasteiger partial charge on any atom is 0.330 e. The van der Waals surface area contributed by atoms with Gasteiger partial charge in [-0.1, -0.05) is 23.8 Å². The third-order valence-electron chi connectivity index (χ3n) is 2.66. The zero-order valence-electron chi connectivity index (χ0n) is 12.6. The maximum absolute atomic E-state index is 12.2. The van der Waals surface area contributed by atoms with Crippen molar-refractivity contribution in [3.63, 3.8) is 0 Å². The number of hydrogen-bond donors (Lipinski definition) is 1. The second kappa shape index (κ2) is 9.10. The molecule has 0 bridgehead atoms. The molecule has 1 N–H and O–H groups in total. The Bertz CT molecular complexity index is 657. The van der Waals surface area contributed by atoms with Gasteiger partial charge in [-0.15, -0.1) is 0 Å². The van der Waals surface area contributed by atoms with Crippen LogP contribution in [0.1, 0.15) is 20.3 Å². The molecule has 0 saturated carbocycles. The van der Waals surface area contributed by atoms with E-state index in [1.54, 1.807) is 26.0 Å². The highest BCUT2D eigenvalue weighted by Crippen LogP contribution is 2.48. The third kappa shape index (κ3) is 5.93. The second-order valence-electron chi connectivity index (χ2n) is 4.32. The van der Waals surface area contributed by atoms with Crippen molar-refractivity contribution in [1.82, 2.24) is 9.55 Å². The van der Waals surface area contributed by atoms with Gasteiger partial charge in [-0.2, -0.15) is 0 Å². The van der Waals surface area contributed by atoms with Crippen LogP contribution in [0.3, 0.4) is 0 Å². The SMILES string of the molecule is CCOP(=O)(CC/C=C/Cn1cc(Cl)c(=O)[nH]c1=O)OCC. The number of allylic oxidation sites excluding steroid dienone is 2. The molecule has 124 valence electrons. The van der Waals surface area contributed by atoms with Crippen LogP contribution in [0.5, 0.6) is 0 Å². The first kappa shape index (κ1) is 18.9. The van der Waals surface area contributed by atoms with Crippen molar-refractivity contribution < 1.29 is 13.6 Å². The highest BCUT2D eigenvalue weighted by molar-refractivity contribution is 7.53. The number of halogens is 1. The maximum atomic E-state index is 12.2. The van der Waals surface area contributed by atoms with Crippen LogP contribution in [-0.2, 0) is 20.2 Å². The number of nitrogens with zero attached hydrogens (tertiary/aromatic N) is 1. The van der Waals surface area contributed by atoms with Gasteiger partial charge in [0, 0.05) is 12.7 Å². The van der Waals surface area contributed by atoms with Gasteiger partial charge in [0.2, 0.25) is 0 Å². The van der Waals surface area contributed by atoms with Crippen molar-refractivity contribution in [2.45, 2.75) is 26.8 Å². The van der Waals surface area contributed by atoms with Gasteiger partial charge < -0.3 is 9.05 Å². The van der Waals surface area contributed by atoms with E-state index in [-0.39, 0.29) is 17.7 Å². The van der Waals surface area contributed by atoms with Gasteiger partial charge >= 0.3 is 13.3 Å². The Labute approximate surface area is 133 Å². The van der Waals surface area contributed by atoms with Crippen LogP contribution in [0.15, 0.2) is 27.9 Å². The number of H-pyrrole nitrogens is 1. The molecule has 0 atom stereocenters. The van der Waals surface area contributed by atoms with Crippen molar-refractivity contribution in [2.75, 3.05) is 19.4 Å². The lowest BCUT2D eigenvalue weighted by molar-refractivity contribution is 0.220. The minimum Gasteiger partial charge on any atom is -0.309 e. The zero-order valence-corrected chi connectivity index (χ0v) is 14.2. The van der Waals surface area contributed by atoms with Crippen molar-refractivity contribution >= 4 is 19.2 Å². The monoisotopic (exact) mass is 350 g/mol. The number of aromatic nitrogens is 2. The molecule has 0 radical (unpaired) electrons. The molecule has 0 aliphatic carbocycles. The predicted octanol–water partition coefficient (Wildman–Crippen LogP) is 2.40. The van der Waals surface area contributed by atoms with Crippen LogP contribution in [0.2, 0.25) is 5.02 Å². The Balaban J connectivity index is 2.57. The molecule has 0 unspecified atom stereocenters. The highest BCUT2D eigenvalue weighted by atomic mass is 35.5. The predicted molar refractivity (Wildman–Crippen MR) is 85.8 cm³/mol. The minimum absolute atomic E-state index is 0.0507. The van der Waals surface area contributed by atoms with Crippen molar-refractivity contribution in [1.29, 1.82) is 0 Å². The van der Waals surface area contributed by atoms with Crippen molar-refractivity contribution in [3.05, 3.63) is 44.2 Å². The van der Waals surface area contributed by atoms with Gasteiger partial charge in [0.25, 0.3) is 5.56 Å². The molecule has 0 aliphatic heterocycles. The zero-order chi connectivity index (χ0) is 16.6. The number of aromatic amines is 1. The summed E-state index contributed by atoms with van der Waals surface area (Å²) in [6.45, 7) is 4.42. The van der Waals surface area contributed by atoms with Gasteiger partial charge in [0.05, 0.1) is 19.4 Å². The molecule has 1 aromatic heterocycles. The summed E-state index contributed by atoms with van der Waals surface area (Å²) in [5, 5.41) is -0.0507. The topological polar surface area (TPSA) is 90.4 Å². The van der Waals surface area contributed by atoms with Gasteiger partial charge in [0.15, 0.2) is 0 Å². The van der Waals surface area contributed by atoms with Gasteiger partial charge in [-0.05, 0) is 20.3 Å². The van der Waals surface area contributed by atoms with E-state index in [1.807, 2.05) is 0 Å². The molecular weight excluding hydrogens is 331 g/mol. The first-order valence-electron chi connectivity index (χ1n) is 6.94. The summed E-state index contributed by atoms with van der Waals surface area (Å²) in [6, 6.07) is 0. The molecule has 9 heteroatoms. The van der Waals surface area contributed by atoms with E-state index in [1.165, 1.54) is 10.8 Å². The lowest BCUT2D eigenvalue weighted by Crippen LogP contribution is -2.29. The summed E-state index contributed by atoms with van der Waals surface area (Å²) < 4.78 is 23.8. The first-order valence-corrected chi connectivity index (χ1v) is 9.05. The van der Waals surface area contributed by atoms with Gasteiger partial charge in [-0.3, -0.25) is 18.9 Å². The summed E-state index contributed by atoms with van der Waals surface area (Å²) in [5.74, 6) is 0. The van der Waals surface area contributed by atoms with E-state index in [0.29, 0.717) is 19.6 Å².